The average molecular weight is 274 g/mol. The molecule has 0 saturated carbocycles. The lowest BCUT2D eigenvalue weighted by Crippen LogP contribution is -2.51. The molecule has 0 aromatic rings. The Labute approximate surface area is 125 Å². The van der Waals surface area contributed by atoms with Crippen LogP contribution in [0.3, 0.4) is 0 Å². The van der Waals surface area contributed by atoms with Crippen molar-refractivity contribution in [3.63, 3.8) is 0 Å². The molecule has 0 aromatic heterocycles. The van der Waals surface area contributed by atoms with Crippen molar-refractivity contribution in [3.05, 3.63) is 22.8 Å². The first-order valence-electron chi connectivity index (χ1n) is 8.48. The van der Waals surface area contributed by atoms with Crippen molar-refractivity contribution in [2.24, 2.45) is 11.7 Å². The molecule has 1 atom stereocenters. The lowest BCUT2D eigenvalue weighted by molar-refractivity contribution is 0.0923. The third-order valence-electron chi connectivity index (χ3n) is 4.88. The lowest BCUT2D eigenvalue weighted by Gasteiger charge is -2.41. The van der Waals surface area contributed by atoms with Gasteiger partial charge >= 0.3 is 0 Å². The standard InChI is InChI=1S/C17H31BN2/c1-3-17(19)12-20-10-15(11-20)9-16-5-4-14(6-7-18)8-13(16)2/h8,15,17H,3-7,9-12,18-19H2,1-2H3. The Kier molecular flexibility index (Phi) is 5.92. The van der Waals surface area contributed by atoms with E-state index in [1.807, 2.05) is 0 Å². The summed E-state index contributed by atoms with van der Waals surface area (Å²) in [6, 6.07) is 0.367. The summed E-state index contributed by atoms with van der Waals surface area (Å²) in [6.07, 6.45) is 10.1. The molecular weight excluding hydrogens is 243 g/mol. The van der Waals surface area contributed by atoms with Crippen LogP contribution in [0.2, 0.25) is 6.32 Å². The topological polar surface area (TPSA) is 29.3 Å². The molecular formula is C17H31BN2. The highest BCUT2D eigenvalue weighted by molar-refractivity contribution is 6.08. The average Bonchev–Trinajstić information content (AvgIpc) is 2.38. The molecule has 3 heteroatoms. The summed E-state index contributed by atoms with van der Waals surface area (Å²) < 4.78 is 0. The lowest BCUT2D eigenvalue weighted by atomic mass is 9.82. The van der Waals surface area contributed by atoms with Crippen LogP contribution in [0.15, 0.2) is 22.8 Å². The maximum Gasteiger partial charge on any atom is 0.101 e. The van der Waals surface area contributed by atoms with Crippen LogP contribution >= 0.6 is 0 Å². The number of hydrogen-bond acceptors (Lipinski definition) is 2. The van der Waals surface area contributed by atoms with Gasteiger partial charge in [0.2, 0.25) is 0 Å². The van der Waals surface area contributed by atoms with Gasteiger partial charge in [-0.15, -0.1) is 0 Å². The number of nitrogens with two attached hydrogens (primary N) is 1. The number of hydrogen-bond donors (Lipinski definition) is 1. The Balaban J connectivity index is 1.77. The van der Waals surface area contributed by atoms with Gasteiger partial charge in [0.05, 0.1) is 0 Å². The second-order valence-corrected chi connectivity index (χ2v) is 6.80. The van der Waals surface area contributed by atoms with Gasteiger partial charge in [-0.3, -0.25) is 0 Å². The van der Waals surface area contributed by atoms with Gasteiger partial charge < -0.3 is 10.6 Å². The monoisotopic (exact) mass is 274 g/mol. The quantitative estimate of drug-likeness (QED) is 0.723. The Morgan fingerprint density at radius 1 is 1.40 bits per heavy atom. The van der Waals surface area contributed by atoms with Crippen LogP contribution in [-0.4, -0.2) is 38.4 Å². The van der Waals surface area contributed by atoms with Crippen LogP contribution in [0.4, 0.5) is 0 Å². The predicted octanol–water partition coefficient (Wildman–Crippen LogP) is 2.52. The highest BCUT2D eigenvalue weighted by Crippen LogP contribution is 2.32. The summed E-state index contributed by atoms with van der Waals surface area (Å²) >= 11 is 0. The minimum absolute atomic E-state index is 0.367. The molecule has 2 N–H and O–H groups in total. The van der Waals surface area contributed by atoms with Gasteiger partial charge in [0.25, 0.3) is 0 Å². The SMILES string of the molecule is BCCC1=CC(C)=C(CC2CN(CC(N)CC)C2)CC1. The van der Waals surface area contributed by atoms with E-state index in [-0.39, 0.29) is 0 Å². The van der Waals surface area contributed by atoms with Gasteiger partial charge in [0, 0.05) is 25.7 Å². The first-order valence-corrected chi connectivity index (χ1v) is 8.48. The van der Waals surface area contributed by atoms with Gasteiger partial charge in [0.1, 0.15) is 7.85 Å². The van der Waals surface area contributed by atoms with Gasteiger partial charge in [-0.2, -0.15) is 0 Å². The molecule has 2 rings (SSSR count). The third kappa shape index (κ3) is 4.23. The summed E-state index contributed by atoms with van der Waals surface area (Å²) in [5.74, 6) is 0.880. The summed E-state index contributed by atoms with van der Waals surface area (Å²) in [5, 5.41) is 0. The van der Waals surface area contributed by atoms with Gasteiger partial charge in [-0.25, -0.2) is 0 Å². The van der Waals surface area contributed by atoms with E-state index in [2.05, 4.69) is 32.7 Å². The number of rotatable bonds is 7. The van der Waals surface area contributed by atoms with Crippen molar-refractivity contribution in [2.45, 2.75) is 58.3 Å². The van der Waals surface area contributed by atoms with Gasteiger partial charge in [-0.05, 0) is 44.9 Å². The molecule has 0 radical (unpaired) electrons. The van der Waals surface area contributed by atoms with Crippen molar-refractivity contribution in [2.75, 3.05) is 19.6 Å². The van der Waals surface area contributed by atoms with Crippen LogP contribution < -0.4 is 5.73 Å². The smallest absolute Gasteiger partial charge is 0.101 e. The molecule has 0 spiro atoms. The summed E-state index contributed by atoms with van der Waals surface area (Å²) in [5.41, 5.74) is 11.0. The summed E-state index contributed by atoms with van der Waals surface area (Å²) in [4.78, 5) is 2.52. The van der Waals surface area contributed by atoms with E-state index in [1.54, 1.807) is 16.7 Å². The molecule has 20 heavy (non-hydrogen) atoms. The van der Waals surface area contributed by atoms with Crippen LogP contribution in [0, 0.1) is 5.92 Å². The largest absolute Gasteiger partial charge is 0.327 e. The van der Waals surface area contributed by atoms with E-state index in [9.17, 15) is 0 Å². The Morgan fingerprint density at radius 3 is 2.75 bits per heavy atom. The second kappa shape index (κ2) is 7.47. The molecule has 1 fully saturated rings. The molecule has 1 aliphatic heterocycles. The van der Waals surface area contributed by atoms with E-state index in [4.69, 9.17) is 5.73 Å². The predicted molar refractivity (Wildman–Crippen MR) is 90.8 cm³/mol. The maximum atomic E-state index is 6.02. The highest BCUT2D eigenvalue weighted by atomic mass is 15.2. The zero-order chi connectivity index (χ0) is 14.5. The van der Waals surface area contributed by atoms with Crippen LogP contribution in [0.25, 0.3) is 0 Å². The first kappa shape index (κ1) is 15.8. The molecule has 0 aromatic carbocycles. The van der Waals surface area contributed by atoms with Crippen molar-refractivity contribution in [1.82, 2.24) is 4.90 Å². The Morgan fingerprint density at radius 2 is 2.15 bits per heavy atom. The van der Waals surface area contributed by atoms with Crippen molar-refractivity contribution < 1.29 is 0 Å². The molecule has 0 amide bonds. The Bertz CT molecular complexity index is 380. The number of allylic oxidation sites excluding steroid dienone is 4. The molecule has 1 unspecified atom stereocenters. The van der Waals surface area contributed by atoms with Crippen LogP contribution in [-0.2, 0) is 0 Å². The minimum Gasteiger partial charge on any atom is -0.327 e. The van der Waals surface area contributed by atoms with E-state index in [0.29, 0.717) is 6.04 Å². The van der Waals surface area contributed by atoms with Gasteiger partial charge in [0.15, 0.2) is 0 Å². The first-order chi connectivity index (χ1) is 9.62. The zero-order valence-electron chi connectivity index (χ0n) is 13.6. The maximum absolute atomic E-state index is 6.02. The number of nitrogens with zero attached hydrogens (tertiary/aromatic N) is 1. The van der Waals surface area contributed by atoms with Crippen molar-refractivity contribution in [1.29, 1.82) is 0 Å². The fraction of sp³-hybridized carbons (Fsp3) is 0.765. The van der Waals surface area contributed by atoms with Crippen LogP contribution in [0.1, 0.15) is 46.0 Å². The molecule has 1 saturated heterocycles. The molecule has 0 bridgehead atoms. The van der Waals surface area contributed by atoms with E-state index in [0.717, 1.165) is 18.9 Å². The van der Waals surface area contributed by atoms with E-state index >= 15 is 0 Å². The van der Waals surface area contributed by atoms with Crippen molar-refractivity contribution in [3.8, 4) is 0 Å². The van der Waals surface area contributed by atoms with E-state index < -0.39 is 0 Å². The fourth-order valence-corrected chi connectivity index (χ4v) is 3.53. The molecule has 112 valence electrons. The van der Waals surface area contributed by atoms with E-state index in [1.165, 1.54) is 45.1 Å². The third-order valence-corrected chi connectivity index (χ3v) is 4.88. The zero-order valence-corrected chi connectivity index (χ0v) is 13.6. The normalized spacial score (nSPS) is 22.6. The van der Waals surface area contributed by atoms with Crippen molar-refractivity contribution >= 4 is 7.85 Å². The molecule has 2 aliphatic rings. The molecule has 2 nitrogen and oxygen atoms in total. The minimum atomic E-state index is 0.367. The number of likely N-dealkylation sites (tertiary alicyclic amines) is 1. The summed E-state index contributed by atoms with van der Waals surface area (Å²) in [6.45, 7) is 8.10. The fourth-order valence-electron chi connectivity index (χ4n) is 3.53. The second-order valence-electron chi connectivity index (χ2n) is 6.80. The van der Waals surface area contributed by atoms with Crippen LogP contribution in [0.5, 0.6) is 0 Å². The molecule has 1 heterocycles. The summed E-state index contributed by atoms with van der Waals surface area (Å²) in [7, 11) is 2.28. The molecule has 1 aliphatic carbocycles. The Hall–Kier alpha value is -0.535. The van der Waals surface area contributed by atoms with Gasteiger partial charge in [-0.1, -0.05) is 36.0 Å². The highest BCUT2D eigenvalue weighted by Gasteiger charge is 2.28.